The lowest BCUT2D eigenvalue weighted by molar-refractivity contribution is -0.113. The van der Waals surface area contributed by atoms with Gasteiger partial charge in [-0.2, -0.15) is 0 Å². The lowest BCUT2D eigenvalue weighted by Crippen LogP contribution is -2.14. The third kappa shape index (κ3) is 5.14. The maximum atomic E-state index is 12.3. The molecule has 4 aromatic rings. The second-order valence-corrected chi connectivity index (χ2v) is 8.67. The highest BCUT2D eigenvalue weighted by molar-refractivity contribution is 8.00. The first kappa shape index (κ1) is 19.4. The summed E-state index contributed by atoms with van der Waals surface area (Å²) in [6.45, 7) is 0. The molecule has 2 amide bonds. The van der Waals surface area contributed by atoms with Gasteiger partial charge in [-0.15, -0.1) is 34.4 Å². The van der Waals surface area contributed by atoms with Gasteiger partial charge in [-0.05, 0) is 41.8 Å². The summed E-state index contributed by atoms with van der Waals surface area (Å²) in [5, 5.41) is 10.1. The monoisotopic (exact) mass is 441 g/mol. The Kier molecular flexibility index (Phi) is 6.09. The Hall–Kier alpha value is -2.88. The van der Waals surface area contributed by atoms with Crippen molar-refractivity contribution < 1.29 is 14.0 Å². The molecule has 3 heterocycles. The van der Waals surface area contributed by atoms with E-state index in [1.165, 1.54) is 29.4 Å². The lowest BCUT2D eigenvalue weighted by Gasteiger charge is -2.06. The number of hydrogen-bond acceptors (Lipinski definition) is 7. The van der Waals surface area contributed by atoms with Gasteiger partial charge in [-0.1, -0.05) is 12.1 Å². The fourth-order valence-electron chi connectivity index (χ4n) is 2.44. The standard InChI is InChI=1S/C20H15N3O3S3/c24-18(23-20-22-15(11-29-20)17-7-3-9-27-17)12-28-14-5-1-4-13(10-14)21-19(25)16-6-2-8-26-16/h1-11H,12H2,(H,21,25)(H,22,23,24). The minimum absolute atomic E-state index is 0.132. The van der Waals surface area contributed by atoms with E-state index in [-0.39, 0.29) is 23.3 Å². The van der Waals surface area contributed by atoms with Crippen molar-refractivity contribution >= 4 is 57.1 Å². The molecule has 0 saturated carbocycles. The molecule has 9 heteroatoms. The summed E-state index contributed by atoms with van der Waals surface area (Å²) in [7, 11) is 0. The fraction of sp³-hybridized carbons (Fsp3) is 0.0500. The molecule has 0 unspecified atom stereocenters. The Labute approximate surface area is 179 Å². The number of hydrogen-bond donors (Lipinski definition) is 2. The molecule has 0 aliphatic rings. The number of carbonyl (C=O) groups excluding carboxylic acids is 2. The van der Waals surface area contributed by atoms with E-state index in [2.05, 4.69) is 15.6 Å². The van der Waals surface area contributed by atoms with Crippen LogP contribution >= 0.6 is 34.4 Å². The molecule has 0 fully saturated rings. The Bertz CT molecular complexity index is 1110. The zero-order valence-electron chi connectivity index (χ0n) is 15.0. The quantitative estimate of drug-likeness (QED) is 0.373. The van der Waals surface area contributed by atoms with E-state index >= 15 is 0 Å². The van der Waals surface area contributed by atoms with E-state index in [1.807, 2.05) is 41.1 Å². The lowest BCUT2D eigenvalue weighted by atomic mass is 10.3. The van der Waals surface area contributed by atoms with Crippen molar-refractivity contribution in [2.45, 2.75) is 4.90 Å². The summed E-state index contributed by atoms with van der Waals surface area (Å²) >= 11 is 4.40. The van der Waals surface area contributed by atoms with Crippen LogP contribution in [-0.4, -0.2) is 22.6 Å². The first-order valence-corrected chi connectivity index (χ1v) is 11.3. The average Bonchev–Trinajstić information content (AvgIpc) is 3.48. The zero-order valence-corrected chi connectivity index (χ0v) is 17.4. The highest BCUT2D eigenvalue weighted by Gasteiger charge is 2.11. The number of carbonyl (C=O) groups is 2. The van der Waals surface area contributed by atoms with Crippen molar-refractivity contribution in [3.05, 3.63) is 71.3 Å². The summed E-state index contributed by atoms with van der Waals surface area (Å²) in [4.78, 5) is 30.7. The Balaban J connectivity index is 1.31. The van der Waals surface area contributed by atoms with Crippen molar-refractivity contribution in [2.75, 3.05) is 16.4 Å². The third-order valence-electron chi connectivity index (χ3n) is 3.73. The Morgan fingerprint density at radius 3 is 2.79 bits per heavy atom. The van der Waals surface area contributed by atoms with Crippen LogP contribution < -0.4 is 10.6 Å². The molecule has 0 radical (unpaired) electrons. The number of amides is 2. The molecule has 3 aromatic heterocycles. The molecule has 0 atom stereocenters. The van der Waals surface area contributed by atoms with Crippen molar-refractivity contribution in [3.8, 4) is 10.6 Å². The summed E-state index contributed by atoms with van der Waals surface area (Å²) in [5.74, 6) is 0.0314. The predicted octanol–water partition coefficient (Wildman–Crippen LogP) is 5.45. The van der Waals surface area contributed by atoms with Gasteiger partial charge in [0.2, 0.25) is 5.91 Å². The molecule has 1 aromatic carbocycles. The highest BCUT2D eigenvalue weighted by atomic mass is 32.2. The van der Waals surface area contributed by atoms with Gasteiger partial charge >= 0.3 is 0 Å². The van der Waals surface area contributed by atoms with Crippen LogP contribution in [-0.2, 0) is 4.79 Å². The maximum Gasteiger partial charge on any atom is 0.291 e. The molecule has 29 heavy (non-hydrogen) atoms. The number of thiazole rings is 1. The minimum Gasteiger partial charge on any atom is -0.459 e. The first-order valence-electron chi connectivity index (χ1n) is 8.54. The molecule has 6 nitrogen and oxygen atoms in total. The van der Waals surface area contributed by atoms with Crippen LogP contribution in [0.3, 0.4) is 0 Å². The van der Waals surface area contributed by atoms with E-state index in [4.69, 9.17) is 4.42 Å². The van der Waals surface area contributed by atoms with E-state index in [0.29, 0.717) is 10.8 Å². The van der Waals surface area contributed by atoms with Gasteiger partial charge in [-0.3, -0.25) is 9.59 Å². The fourth-order valence-corrected chi connectivity index (χ4v) is 4.68. The normalized spacial score (nSPS) is 10.6. The van der Waals surface area contributed by atoms with Crippen LogP contribution in [0.25, 0.3) is 10.6 Å². The first-order chi connectivity index (χ1) is 14.2. The number of rotatable bonds is 7. The van der Waals surface area contributed by atoms with E-state index in [9.17, 15) is 9.59 Å². The second kappa shape index (κ2) is 9.08. The molecule has 146 valence electrons. The topological polar surface area (TPSA) is 84.2 Å². The maximum absolute atomic E-state index is 12.3. The van der Waals surface area contributed by atoms with Gasteiger partial charge in [-0.25, -0.2) is 4.98 Å². The zero-order chi connectivity index (χ0) is 20.1. The largest absolute Gasteiger partial charge is 0.459 e. The summed E-state index contributed by atoms with van der Waals surface area (Å²) in [5.41, 5.74) is 1.50. The third-order valence-corrected chi connectivity index (χ3v) is 6.37. The Morgan fingerprint density at radius 1 is 1.07 bits per heavy atom. The van der Waals surface area contributed by atoms with Crippen LogP contribution in [0.1, 0.15) is 10.6 Å². The summed E-state index contributed by atoms with van der Waals surface area (Å²) in [6, 6.07) is 14.5. The van der Waals surface area contributed by atoms with Gasteiger partial charge in [0.05, 0.1) is 22.6 Å². The van der Waals surface area contributed by atoms with Crippen molar-refractivity contribution in [3.63, 3.8) is 0 Å². The predicted molar refractivity (Wildman–Crippen MR) is 118 cm³/mol. The van der Waals surface area contributed by atoms with Crippen LogP contribution in [0.4, 0.5) is 10.8 Å². The molecule has 0 aliphatic carbocycles. The van der Waals surface area contributed by atoms with Crippen molar-refractivity contribution in [1.82, 2.24) is 4.98 Å². The minimum atomic E-state index is -0.319. The number of aromatic nitrogens is 1. The number of thioether (sulfide) groups is 1. The number of nitrogens with one attached hydrogen (secondary N) is 2. The van der Waals surface area contributed by atoms with Crippen molar-refractivity contribution in [2.24, 2.45) is 0 Å². The number of benzene rings is 1. The molecule has 0 aliphatic heterocycles. The second-order valence-electron chi connectivity index (χ2n) is 5.81. The average molecular weight is 442 g/mol. The van der Waals surface area contributed by atoms with Gasteiger partial charge in [0, 0.05) is 16.0 Å². The van der Waals surface area contributed by atoms with Gasteiger partial charge in [0.15, 0.2) is 10.9 Å². The number of anilines is 2. The molecule has 2 N–H and O–H groups in total. The number of furan rings is 1. The highest BCUT2D eigenvalue weighted by Crippen LogP contribution is 2.28. The molecule has 0 spiro atoms. The van der Waals surface area contributed by atoms with E-state index in [1.54, 1.807) is 29.5 Å². The molecular weight excluding hydrogens is 426 g/mol. The summed E-state index contributed by atoms with van der Waals surface area (Å²) in [6.07, 6.45) is 1.45. The SMILES string of the molecule is O=C(CSc1cccc(NC(=O)c2ccco2)c1)Nc1nc(-c2cccs2)cs1. The van der Waals surface area contributed by atoms with E-state index in [0.717, 1.165) is 15.5 Å². The van der Waals surface area contributed by atoms with Crippen LogP contribution in [0.2, 0.25) is 0 Å². The van der Waals surface area contributed by atoms with Crippen LogP contribution in [0, 0.1) is 0 Å². The van der Waals surface area contributed by atoms with Crippen LogP contribution in [0.15, 0.2) is 74.9 Å². The molecule has 0 bridgehead atoms. The van der Waals surface area contributed by atoms with Crippen LogP contribution in [0.5, 0.6) is 0 Å². The number of nitrogens with zero attached hydrogens (tertiary/aromatic N) is 1. The van der Waals surface area contributed by atoms with Crippen molar-refractivity contribution in [1.29, 1.82) is 0 Å². The molecular formula is C20H15N3O3S3. The summed E-state index contributed by atoms with van der Waals surface area (Å²) < 4.78 is 5.08. The van der Waals surface area contributed by atoms with Gasteiger partial charge in [0.1, 0.15) is 0 Å². The molecule has 0 saturated heterocycles. The molecule has 4 rings (SSSR count). The van der Waals surface area contributed by atoms with Gasteiger partial charge in [0.25, 0.3) is 5.91 Å². The van der Waals surface area contributed by atoms with E-state index < -0.39 is 0 Å². The number of thiophene rings is 1. The van der Waals surface area contributed by atoms with Gasteiger partial charge < -0.3 is 15.1 Å². The smallest absolute Gasteiger partial charge is 0.291 e. The Morgan fingerprint density at radius 2 is 2.00 bits per heavy atom.